The summed E-state index contributed by atoms with van der Waals surface area (Å²) >= 11 is 0. The van der Waals surface area contributed by atoms with Crippen molar-refractivity contribution in [1.29, 1.82) is 0 Å². The molecule has 10 atom stereocenters. The number of aliphatic hydroxyl groups is 2. The molecule has 196 valence electrons. The summed E-state index contributed by atoms with van der Waals surface area (Å²) in [5, 5.41) is 24.6. The minimum atomic E-state index is -2.44. The second kappa shape index (κ2) is 6.33. The van der Waals surface area contributed by atoms with Gasteiger partial charge in [-0.05, 0) is 57.9 Å². The molecular formula is C28H30O9. The zero-order valence-electron chi connectivity index (χ0n) is 21.0. The Hall–Kier alpha value is -2.62. The Morgan fingerprint density at radius 3 is 2.54 bits per heavy atom. The predicted molar refractivity (Wildman–Crippen MR) is 124 cm³/mol. The van der Waals surface area contributed by atoms with Crippen LogP contribution in [0, 0.1) is 28.6 Å². The Morgan fingerprint density at radius 2 is 1.81 bits per heavy atom. The first-order valence-corrected chi connectivity index (χ1v) is 13.0. The first kappa shape index (κ1) is 23.5. The van der Waals surface area contributed by atoms with E-state index in [1.54, 1.807) is 19.9 Å². The van der Waals surface area contributed by atoms with E-state index >= 15 is 0 Å². The molecule has 5 unspecified atom stereocenters. The topological polar surface area (TPSA) is 136 Å². The predicted octanol–water partition coefficient (Wildman–Crippen LogP) is 1.46. The van der Waals surface area contributed by atoms with E-state index in [0.717, 1.165) is 5.57 Å². The van der Waals surface area contributed by atoms with Crippen LogP contribution in [0.5, 0.6) is 0 Å². The molecule has 5 fully saturated rings. The van der Waals surface area contributed by atoms with Gasteiger partial charge >= 0.3 is 11.9 Å². The maximum atomic E-state index is 14.5. The summed E-state index contributed by atoms with van der Waals surface area (Å²) in [4.78, 5) is 54.3. The average molecular weight is 511 g/mol. The normalized spacial score (nSPS) is 55.4. The highest BCUT2D eigenvalue weighted by Gasteiger charge is 2.91. The third kappa shape index (κ3) is 2.12. The quantitative estimate of drug-likeness (QED) is 0.282. The van der Waals surface area contributed by atoms with E-state index in [4.69, 9.17) is 14.2 Å². The molecule has 1 saturated carbocycles. The number of hydrogen-bond acceptors (Lipinski definition) is 9. The highest BCUT2D eigenvalue weighted by Crippen LogP contribution is 2.73. The lowest BCUT2D eigenvalue weighted by Gasteiger charge is -2.60. The van der Waals surface area contributed by atoms with Gasteiger partial charge in [0.25, 0.3) is 0 Å². The number of carbonyl (C=O) groups excluding carboxylic acids is 4. The van der Waals surface area contributed by atoms with Crippen LogP contribution in [0.25, 0.3) is 0 Å². The summed E-state index contributed by atoms with van der Waals surface area (Å²) in [7, 11) is 0. The lowest BCUT2D eigenvalue weighted by atomic mass is 9.47. The molecule has 0 aromatic rings. The van der Waals surface area contributed by atoms with Gasteiger partial charge in [0.2, 0.25) is 5.79 Å². The summed E-state index contributed by atoms with van der Waals surface area (Å²) < 4.78 is 18.0. The van der Waals surface area contributed by atoms with Crippen LogP contribution in [0.2, 0.25) is 0 Å². The molecule has 4 saturated heterocycles. The van der Waals surface area contributed by atoms with Gasteiger partial charge in [-0.3, -0.25) is 9.59 Å². The molecule has 9 heteroatoms. The summed E-state index contributed by atoms with van der Waals surface area (Å²) in [6.07, 6.45) is 5.20. The Bertz CT molecular complexity index is 1310. The lowest BCUT2D eigenvalue weighted by molar-refractivity contribution is -0.339. The average Bonchev–Trinajstić information content (AvgIpc) is 3.19. The number of allylic oxidation sites excluding steroid dienone is 4. The summed E-state index contributed by atoms with van der Waals surface area (Å²) in [5.41, 5.74) is -7.44. The van der Waals surface area contributed by atoms with Crippen molar-refractivity contribution in [2.75, 3.05) is 0 Å². The van der Waals surface area contributed by atoms with Crippen LogP contribution in [0.4, 0.5) is 0 Å². The molecule has 3 aliphatic carbocycles. The van der Waals surface area contributed by atoms with E-state index < -0.39 is 75.0 Å². The maximum absolute atomic E-state index is 14.5. The van der Waals surface area contributed by atoms with Gasteiger partial charge < -0.3 is 24.4 Å². The van der Waals surface area contributed by atoms with E-state index in [1.807, 2.05) is 6.08 Å². The van der Waals surface area contributed by atoms with Crippen molar-refractivity contribution in [2.24, 2.45) is 28.6 Å². The van der Waals surface area contributed by atoms with Crippen LogP contribution in [-0.4, -0.2) is 62.4 Å². The fraction of sp³-hybridized carbons (Fsp3) is 0.643. The molecule has 7 aliphatic rings. The molecule has 2 N–H and O–H groups in total. The largest absolute Gasteiger partial charge is 0.455 e. The highest BCUT2D eigenvalue weighted by molar-refractivity contribution is 6.02. The van der Waals surface area contributed by atoms with Gasteiger partial charge in [0.1, 0.15) is 6.10 Å². The molecule has 4 bridgehead atoms. The van der Waals surface area contributed by atoms with Gasteiger partial charge in [-0.2, -0.15) is 0 Å². The minimum Gasteiger partial charge on any atom is -0.455 e. The fourth-order valence-electron chi connectivity index (χ4n) is 9.22. The molecule has 1 spiro atoms. The zero-order valence-corrected chi connectivity index (χ0v) is 21.0. The van der Waals surface area contributed by atoms with Gasteiger partial charge in [0, 0.05) is 16.9 Å². The molecule has 37 heavy (non-hydrogen) atoms. The van der Waals surface area contributed by atoms with Gasteiger partial charge in [-0.15, -0.1) is 0 Å². The van der Waals surface area contributed by atoms with Crippen LogP contribution >= 0.6 is 0 Å². The first-order chi connectivity index (χ1) is 17.2. The second-order valence-corrected chi connectivity index (χ2v) is 12.6. The van der Waals surface area contributed by atoms with Gasteiger partial charge in [-0.25, -0.2) is 9.59 Å². The van der Waals surface area contributed by atoms with E-state index in [2.05, 4.69) is 6.58 Å². The molecule has 0 radical (unpaired) electrons. The van der Waals surface area contributed by atoms with Crippen LogP contribution in [0.15, 0.2) is 36.0 Å². The number of ketones is 2. The number of esters is 2. The molecule has 7 rings (SSSR count). The Labute approximate surface area is 213 Å². The van der Waals surface area contributed by atoms with Crippen LogP contribution in [0.1, 0.15) is 52.9 Å². The number of rotatable bonds is 0. The maximum Gasteiger partial charge on any atom is 0.342 e. The van der Waals surface area contributed by atoms with Crippen molar-refractivity contribution in [3.05, 3.63) is 36.0 Å². The van der Waals surface area contributed by atoms with E-state index in [9.17, 15) is 29.4 Å². The second-order valence-electron chi connectivity index (χ2n) is 12.6. The van der Waals surface area contributed by atoms with Crippen molar-refractivity contribution in [1.82, 2.24) is 0 Å². The summed E-state index contributed by atoms with van der Waals surface area (Å²) in [6.45, 7) is 8.91. The van der Waals surface area contributed by atoms with Gasteiger partial charge in [-0.1, -0.05) is 31.2 Å². The Balaban J connectivity index is 1.50. The Morgan fingerprint density at radius 1 is 1.08 bits per heavy atom. The number of hydrogen-bond donors (Lipinski definition) is 2. The van der Waals surface area contributed by atoms with E-state index in [-0.39, 0.29) is 37.0 Å². The van der Waals surface area contributed by atoms with Gasteiger partial charge in [0.05, 0.1) is 11.3 Å². The zero-order chi connectivity index (χ0) is 26.6. The number of carbonyl (C=O) groups is 4. The molecule has 0 aromatic heterocycles. The van der Waals surface area contributed by atoms with Crippen molar-refractivity contribution < 1.29 is 43.6 Å². The Kier molecular flexibility index (Phi) is 4.02. The fourth-order valence-corrected chi connectivity index (χ4v) is 9.22. The monoisotopic (exact) mass is 510 g/mol. The number of Topliss-reactive ketones (excluding diaryl/α,β-unsaturated/α-hetero) is 1. The van der Waals surface area contributed by atoms with Gasteiger partial charge in [0.15, 0.2) is 28.4 Å². The minimum absolute atomic E-state index is 0.0271. The summed E-state index contributed by atoms with van der Waals surface area (Å²) in [5.74, 6) is -7.72. The van der Waals surface area contributed by atoms with Crippen molar-refractivity contribution >= 4 is 23.5 Å². The third-order valence-electron chi connectivity index (χ3n) is 11.3. The van der Waals surface area contributed by atoms with E-state index in [0.29, 0.717) is 6.42 Å². The first-order valence-electron chi connectivity index (χ1n) is 13.0. The molecule has 4 heterocycles. The van der Waals surface area contributed by atoms with Crippen molar-refractivity contribution in [3.63, 3.8) is 0 Å². The number of fused-ring (bicyclic) bond motifs is 9. The SMILES string of the molecule is C=C1C(=O)OC2CC1(C)C1C(=O)[C@@]3(O)O[C@]14[C@@]2(C)OC(=O)[C@@]4(O)CCC1C3CC=C2CC=CC(=O)[C@@]21C. The van der Waals surface area contributed by atoms with Crippen LogP contribution in [0.3, 0.4) is 0 Å². The molecule has 0 amide bonds. The van der Waals surface area contributed by atoms with E-state index in [1.165, 1.54) is 13.0 Å². The molecular weight excluding hydrogens is 480 g/mol. The third-order valence-corrected chi connectivity index (χ3v) is 11.3. The lowest BCUT2D eigenvalue weighted by Crippen LogP contribution is -2.77. The standard InChI is InChI=1S/C28H30O9/c1-13-21(31)35-18-12-23(13,2)19-20(30)27(34)16-9-8-14-6-5-7-17(29)24(14,3)15(16)10-11-26(33)22(32)36-25(18,4)28(19,26)37-27/h5,7-8,15-16,18-19,33-34H,1,6,9-12H2,2-4H3/t15?,16?,18?,19?,23?,24-,25-,26-,27-,28-/m0/s1. The van der Waals surface area contributed by atoms with Crippen molar-refractivity contribution in [3.8, 4) is 0 Å². The highest BCUT2D eigenvalue weighted by atomic mass is 16.7. The molecule has 9 nitrogen and oxygen atoms in total. The van der Waals surface area contributed by atoms with Crippen molar-refractivity contribution in [2.45, 2.75) is 81.6 Å². The molecule has 4 aliphatic heterocycles. The number of ether oxygens (including phenoxy) is 3. The summed E-state index contributed by atoms with van der Waals surface area (Å²) in [6, 6.07) is 0. The van der Waals surface area contributed by atoms with Crippen LogP contribution in [-0.2, 0) is 33.4 Å². The smallest absolute Gasteiger partial charge is 0.342 e. The van der Waals surface area contributed by atoms with Crippen LogP contribution < -0.4 is 0 Å². The molecule has 0 aromatic carbocycles.